The first kappa shape index (κ1) is 11.8. The van der Waals surface area contributed by atoms with Crippen molar-refractivity contribution < 1.29 is 19.0 Å². The van der Waals surface area contributed by atoms with Crippen molar-refractivity contribution in [3.05, 3.63) is 23.5 Å². The second kappa shape index (κ2) is 4.98. The molecule has 3 nitrogen and oxygen atoms in total. The summed E-state index contributed by atoms with van der Waals surface area (Å²) in [4.78, 5) is 0. The van der Waals surface area contributed by atoms with Gasteiger partial charge in [0.15, 0.2) is 11.5 Å². The summed E-state index contributed by atoms with van der Waals surface area (Å²) < 4.78 is 23.5. The van der Waals surface area contributed by atoms with Crippen LogP contribution in [0.15, 0.2) is 12.1 Å². The van der Waals surface area contributed by atoms with Crippen molar-refractivity contribution in [1.29, 1.82) is 0 Å². The van der Waals surface area contributed by atoms with Gasteiger partial charge in [0.05, 0.1) is 19.8 Å². The molecule has 0 saturated heterocycles. The zero-order chi connectivity index (χ0) is 11.4. The van der Waals surface area contributed by atoms with Crippen molar-refractivity contribution in [2.75, 3.05) is 7.11 Å². The Balaban J connectivity index is 3.18. The molecule has 0 heterocycles. The van der Waals surface area contributed by atoms with Crippen molar-refractivity contribution in [3.63, 3.8) is 0 Å². The van der Waals surface area contributed by atoms with Gasteiger partial charge in [-0.15, -0.1) is 0 Å². The average Bonchev–Trinajstić information content (AvgIpc) is 2.19. The molecule has 0 aliphatic rings. The smallest absolute Gasteiger partial charge is 0.167 e. The normalized spacial score (nSPS) is 10.5. The van der Waals surface area contributed by atoms with Crippen LogP contribution >= 0.6 is 0 Å². The highest BCUT2D eigenvalue weighted by atomic mass is 19.1. The van der Waals surface area contributed by atoms with Gasteiger partial charge in [-0.05, 0) is 19.9 Å². The molecule has 0 bridgehead atoms. The first-order chi connectivity index (χ1) is 7.08. The summed E-state index contributed by atoms with van der Waals surface area (Å²) in [7, 11) is 1.43. The number of benzene rings is 1. The maximum atomic E-state index is 13.1. The molecule has 0 spiro atoms. The van der Waals surface area contributed by atoms with Crippen LogP contribution in [-0.2, 0) is 6.61 Å². The SMILES string of the molecule is COc1cc(F)cc(CO)c1OC(C)C. The predicted octanol–water partition coefficient (Wildman–Crippen LogP) is 2.11. The van der Waals surface area contributed by atoms with E-state index in [0.29, 0.717) is 17.1 Å². The first-order valence-corrected chi connectivity index (χ1v) is 4.72. The van der Waals surface area contributed by atoms with Crippen molar-refractivity contribution in [2.45, 2.75) is 26.6 Å². The number of halogens is 1. The summed E-state index contributed by atoms with van der Waals surface area (Å²) in [5, 5.41) is 9.07. The number of aliphatic hydroxyl groups is 1. The maximum absolute atomic E-state index is 13.1. The topological polar surface area (TPSA) is 38.7 Å². The van der Waals surface area contributed by atoms with Crippen LogP contribution in [0.2, 0.25) is 0 Å². The quantitative estimate of drug-likeness (QED) is 0.834. The van der Waals surface area contributed by atoms with Gasteiger partial charge in [-0.2, -0.15) is 0 Å². The van der Waals surface area contributed by atoms with E-state index in [0.717, 1.165) is 0 Å². The Morgan fingerprint density at radius 3 is 2.53 bits per heavy atom. The number of ether oxygens (including phenoxy) is 2. The van der Waals surface area contributed by atoms with E-state index >= 15 is 0 Å². The van der Waals surface area contributed by atoms with Crippen molar-refractivity contribution in [3.8, 4) is 11.5 Å². The Bertz CT molecular complexity index is 312. The Labute approximate surface area is 88.4 Å². The number of rotatable bonds is 4. The lowest BCUT2D eigenvalue weighted by molar-refractivity contribution is 0.214. The van der Waals surface area contributed by atoms with Gasteiger partial charge in [0.2, 0.25) is 0 Å². The van der Waals surface area contributed by atoms with E-state index in [9.17, 15) is 4.39 Å². The third-order valence-electron chi connectivity index (χ3n) is 1.84. The summed E-state index contributed by atoms with van der Waals surface area (Å²) in [6.45, 7) is 3.42. The lowest BCUT2D eigenvalue weighted by Crippen LogP contribution is -2.09. The second-order valence-electron chi connectivity index (χ2n) is 3.42. The van der Waals surface area contributed by atoms with Gasteiger partial charge in [-0.3, -0.25) is 0 Å². The van der Waals surface area contributed by atoms with E-state index in [1.165, 1.54) is 19.2 Å². The van der Waals surface area contributed by atoms with Gasteiger partial charge in [0.1, 0.15) is 5.82 Å². The van der Waals surface area contributed by atoms with Crippen LogP contribution in [0, 0.1) is 5.82 Å². The minimum Gasteiger partial charge on any atom is -0.493 e. The molecule has 0 fully saturated rings. The van der Waals surface area contributed by atoms with E-state index in [2.05, 4.69) is 0 Å². The third-order valence-corrected chi connectivity index (χ3v) is 1.84. The van der Waals surface area contributed by atoms with Crippen LogP contribution in [0.4, 0.5) is 4.39 Å². The van der Waals surface area contributed by atoms with Gasteiger partial charge >= 0.3 is 0 Å². The molecule has 0 radical (unpaired) electrons. The Hall–Kier alpha value is -1.29. The van der Waals surface area contributed by atoms with E-state index < -0.39 is 5.82 Å². The zero-order valence-corrected chi connectivity index (χ0v) is 9.08. The molecule has 0 aliphatic carbocycles. The van der Waals surface area contributed by atoms with Gasteiger partial charge in [-0.25, -0.2) is 4.39 Å². The maximum Gasteiger partial charge on any atom is 0.167 e. The van der Waals surface area contributed by atoms with Crippen molar-refractivity contribution in [1.82, 2.24) is 0 Å². The van der Waals surface area contributed by atoms with Crippen LogP contribution in [0.1, 0.15) is 19.4 Å². The van der Waals surface area contributed by atoms with Crippen molar-refractivity contribution >= 4 is 0 Å². The number of hydrogen-bond donors (Lipinski definition) is 1. The van der Waals surface area contributed by atoms with Gasteiger partial charge in [-0.1, -0.05) is 0 Å². The fourth-order valence-electron chi connectivity index (χ4n) is 1.26. The highest BCUT2D eigenvalue weighted by molar-refractivity contribution is 5.47. The standard InChI is InChI=1S/C11H15FO3/c1-7(2)15-11-8(6-13)4-9(12)5-10(11)14-3/h4-5,7,13H,6H2,1-3H3. The van der Waals surface area contributed by atoms with E-state index in [1.807, 2.05) is 13.8 Å². The van der Waals surface area contributed by atoms with Crippen molar-refractivity contribution in [2.24, 2.45) is 0 Å². The number of aliphatic hydroxyl groups excluding tert-OH is 1. The molecule has 1 aromatic carbocycles. The fraction of sp³-hybridized carbons (Fsp3) is 0.455. The van der Waals surface area contributed by atoms with Gasteiger partial charge < -0.3 is 14.6 Å². The lowest BCUT2D eigenvalue weighted by Gasteiger charge is -2.16. The second-order valence-corrected chi connectivity index (χ2v) is 3.42. The molecule has 0 atom stereocenters. The van der Waals surface area contributed by atoms with Crippen LogP contribution in [0.3, 0.4) is 0 Å². The van der Waals surface area contributed by atoms with E-state index in [4.69, 9.17) is 14.6 Å². The molecule has 1 N–H and O–H groups in total. The molecular weight excluding hydrogens is 199 g/mol. The highest BCUT2D eigenvalue weighted by Crippen LogP contribution is 2.33. The summed E-state index contributed by atoms with van der Waals surface area (Å²) in [6.07, 6.45) is -0.0605. The monoisotopic (exact) mass is 214 g/mol. The van der Waals surface area contributed by atoms with E-state index in [-0.39, 0.29) is 12.7 Å². The van der Waals surface area contributed by atoms with Crippen LogP contribution in [0.25, 0.3) is 0 Å². The summed E-state index contributed by atoms with van der Waals surface area (Å²) in [6, 6.07) is 2.47. The molecule has 0 aliphatic heterocycles. The molecule has 0 aromatic heterocycles. The predicted molar refractivity (Wildman–Crippen MR) is 54.6 cm³/mol. The Kier molecular flexibility index (Phi) is 3.91. The van der Waals surface area contributed by atoms with Gasteiger partial charge in [0.25, 0.3) is 0 Å². The molecule has 84 valence electrons. The fourth-order valence-corrected chi connectivity index (χ4v) is 1.26. The Morgan fingerprint density at radius 2 is 2.07 bits per heavy atom. The summed E-state index contributed by atoms with van der Waals surface area (Å²) in [5.74, 6) is 0.246. The minimum absolute atomic E-state index is 0.0605. The molecule has 0 unspecified atom stereocenters. The molecule has 0 amide bonds. The van der Waals surface area contributed by atoms with Crippen LogP contribution in [0.5, 0.6) is 11.5 Å². The molecule has 1 rings (SSSR count). The molecule has 0 saturated carbocycles. The van der Waals surface area contributed by atoms with Crippen LogP contribution < -0.4 is 9.47 Å². The first-order valence-electron chi connectivity index (χ1n) is 4.72. The molecule has 1 aromatic rings. The Morgan fingerprint density at radius 1 is 1.40 bits per heavy atom. The number of methoxy groups -OCH3 is 1. The molecule has 15 heavy (non-hydrogen) atoms. The van der Waals surface area contributed by atoms with E-state index in [1.54, 1.807) is 0 Å². The highest BCUT2D eigenvalue weighted by Gasteiger charge is 2.13. The zero-order valence-electron chi connectivity index (χ0n) is 9.08. The molecule has 4 heteroatoms. The van der Waals surface area contributed by atoms with Gasteiger partial charge in [0, 0.05) is 11.6 Å². The number of hydrogen-bond acceptors (Lipinski definition) is 3. The third kappa shape index (κ3) is 2.83. The lowest BCUT2D eigenvalue weighted by atomic mass is 10.2. The van der Waals surface area contributed by atoms with Crippen LogP contribution in [-0.4, -0.2) is 18.3 Å². The average molecular weight is 214 g/mol. The summed E-state index contributed by atoms with van der Waals surface area (Å²) in [5.41, 5.74) is 0.389. The largest absolute Gasteiger partial charge is 0.493 e. The molecular formula is C11H15FO3. The summed E-state index contributed by atoms with van der Waals surface area (Å²) >= 11 is 0. The minimum atomic E-state index is -0.452.